The maximum Gasteiger partial charge on any atom is 0.357 e. The van der Waals surface area contributed by atoms with Crippen LogP contribution in [0.4, 0.5) is 5.82 Å². The van der Waals surface area contributed by atoms with E-state index in [1.165, 1.54) is 12.7 Å². The van der Waals surface area contributed by atoms with Gasteiger partial charge in [0.25, 0.3) is 0 Å². The predicted molar refractivity (Wildman–Crippen MR) is 70.0 cm³/mol. The molecule has 2 heterocycles. The van der Waals surface area contributed by atoms with Gasteiger partial charge in [-0.1, -0.05) is 0 Å². The summed E-state index contributed by atoms with van der Waals surface area (Å²) in [6.45, 7) is 3.55. The molecule has 0 aliphatic carbocycles. The molecule has 1 aromatic heterocycles. The van der Waals surface area contributed by atoms with Crippen molar-refractivity contribution in [3.8, 4) is 0 Å². The summed E-state index contributed by atoms with van der Waals surface area (Å²) in [6, 6.07) is 0. The average Bonchev–Trinajstić information content (AvgIpc) is 2.47. The molecule has 1 aliphatic rings. The van der Waals surface area contributed by atoms with Crippen LogP contribution in [0.5, 0.6) is 0 Å². The summed E-state index contributed by atoms with van der Waals surface area (Å²) < 4.78 is 4.95. The quantitative estimate of drug-likeness (QED) is 0.823. The Labute approximate surface area is 112 Å². The number of piperidine rings is 1. The van der Waals surface area contributed by atoms with Gasteiger partial charge < -0.3 is 14.7 Å². The lowest BCUT2D eigenvalue weighted by Crippen LogP contribution is -2.32. The first-order valence-electron chi connectivity index (χ1n) is 6.64. The molecule has 19 heavy (non-hydrogen) atoms. The first-order chi connectivity index (χ1) is 9.27. The Balaban J connectivity index is 2.32. The molecule has 1 N–H and O–H groups in total. The summed E-state index contributed by atoms with van der Waals surface area (Å²) in [5, 5.41) is 9.53. The maximum absolute atomic E-state index is 11.8. The van der Waals surface area contributed by atoms with Crippen molar-refractivity contribution in [3.05, 3.63) is 17.6 Å². The van der Waals surface area contributed by atoms with Gasteiger partial charge in [0.2, 0.25) is 0 Å². The van der Waals surface area contributed by atoms with Crippen LogP contribution >= 0.6 is 0 Å². The molecule has 0 radical (unpaired) electrons. The minimum Gasteiger partial charge on any atom is -0.461 e. The number of ether oxygens (including phenoxy) is 1. The van der Waals surface area contributed by atoms with Crippen molar-refractivity contribution in [3.63, 3.8) is 0 Å². The molecule has 0 aromatic carbocycles. The molecular weight excluding hydrogens is 246 g/mol. The fourth-order valence-corrected chi connectivity index (χ4v) is 2.30. The maximum atomic E-state index is 11.8. The Bertz CT molecular complexity index is 445. The number of nitrogens with zero attached hydrogens (tertiary/aromatic N) is 3. The van der Waals surface area contributed by atoms with E-state index in [0.717, 1.165) is 25.9 Å². The van der Waals surface area contributed by atoms with E-state index in [9.17, 15) is 9.90 Å². The first kappa shape index (κ1) is 13.7. The highest BCUT2D eigenvalue weighted by Crippen LogP contribution is 2.23. The zero-order valence-corrected chi connectivity index (χ0v) is 11.1. The lowest BCUT2D eigenvalue weighted by Gasteiger charge is -2.29. The van der Waals surface area contributed by atoms with Gasteiger partial charge in [0.1, 0.15) is 12.1 Å². The van der Waals surface area contributed by atoms with E-state index < -0.39 is 5.97 Å². The zero-order valence-electron chi connectivity index (χ0n) is 11.1. The molecule has 1 saturated heterocycles. The number of esters is 1. The third-order valence-corrected chi connectivity index (χ3v) is 3.21. The average molecular weight is 265 g/mol. The second kappa shape index (κ2) is 6.47. The van der Waals surface area contributed by atoms with E-state index in [2.05, 4.69) is 14.9 Å². The third-order valence-electron chi connectivity index (χ3n) is 3.21. The highest BCUT2D eigenvalue weighted by atomic mass is 16.5. The lowest BCUT2D eigenvalue weighted by molar-refractivity contribution is 0.0515. The number of hydrogen-bond acceptors (Lipinski definition) is 6. The molecule has 6 heteroatoms. The van der Waals surface area contributed by atoms with Crippen LogP contribution in [0.25, 0.3) is 0 Å². The molecule has 1 aliphatic heterocycles. The number of rotatable bonds is 4. The largest absolute Gasteiger partial charge is 0.461 e. The highest BCUT2D eigenvalue weighted by Gasteiger charge is 2.22. The SMILES string of the molecule is CCOC(=O)c1ncnc(N2CCCCC2)c1CO. The topological polar surface area (TPSA) is 75.5 Å². The number of aliphatic hydroxyl groups excluding tert-OH is 1. The molecule has 0 spiro atoms. The molecule has 6 nitrogen and oxygen atoms in total. The van der Waals surface area contributed by atoms with Crippen LogP contribution in [0.2, 0.25) is 0 Å². The van der Waals surface area contributed by atoms with Crippen molar-refractivity contribution >= 4 is 11.8 Å². The van der Waals surface area contributed by atoms with Gasteiger partial charge in [-0.05, 0) is 26.2 Å². The standard InChI is InChI=1S/C13H19N3O3/c1-2-19-13(18)11-10(8-17)12(15-9-14-11)16-6-4-3-5-7-16/h9,17H,2-8H2,1H3. The van der Waals surface area contributed by atoms with Crippen molar-refractivity contribution in [2.75, 3.05) is 24.6 Å². The van der Waals surface area contributed by atoms with E-state index in [1.54, 1.807) is 6.92 Å². The Morgan fingerprint density at radius 2 is 2.11 bits per heavy atom. The minimum absolute atomic E-state index is 0.167. The van der Waals surface area contributed by atoms with Gasteiger partial charge in [-0.25, -0.2) is 14.8 Å². The van der Waals surface area contributed by atoms with Gasteiger partial charge >= 0.3 is 5.97 Å². The van der Waals surface area contributed by atoms with Gasteiger partial charge in [-0.2, -0.15) is 0 Å². The van der Waals surface area contributed by atoms with Crippen molar-refractivity contribution in [1.82, 2.24) is 9.97 Å². The Morgan fingerprint density at radius 1 is 1.37 bits per heavy atom. The van der Waals surface area contributed by atoms with E-state index in [4.69, 9.17) is 4.74 Å². The number of carbonyl (C=O) groups is 1. The fourth-order valence-electron chi connectivity index (χ4n) is 2.30. The summed E-state index contributed by atoms with van der Waals surface area (Å²) in [5.74, 6) is 0.146. The molecule has 0 saturated carbocycles. The Kier molecular flexibility index (Phi) is 4.68. The van der Waals surface area contributed by atoms with E-state index >= 15 is 0 Å². The van der Waals surface area contributed by atoms with Crippen molar-refractivity contribution < 1.29 is 14.6 Å². The van der Waals surface area contributed by atoms with Crippen molar-refractivity contribution in [2.24, 2.45) is 0 Å². The van der Waals surface area contributed by atoms with Gasteiger partial charge in [-0.3, -0.25) is 0 Å². The molecule has 0 unspecified atom stereocenters. The zero-order chi connectivity index (χ0) is 13.7. The van der Waals surface area contributed by atoms with Crippen LogP contribution in [-0.2, 0) is 11.3 Å². The molecule has 1 aromatic rings. The monoisotopic (exact) mass is 265 g/mol. The number of carbonyl (C=O) groups excluding carboxylic acids is 1. The summed E-state index contributed by atoms with van der Waals surface area (Å²) in [6.07, 6.45) is 4.77. The van der Waals surface area contributed by atoms with Gasteiger partial charge in [0.05, 0.1) is 18.8 Å². The number of aliphatic hydroxyl groups is 1. The minimum atomic E-state index is -0.507. The number of anilines is 1. The molecule has 0 bridgehead atoms. The molecule has 104 valence electrons. The predicted octanol–water partition coefficient (Wildman–Crippen LogP) is 1.14. The highest BCUT2D eigenvalue weighted by molar-refractivity contribution is 5.90. The smallest absolute Gasteiger partial charge is 0.357 e. The summed E-state index contributed by atoms with van der Waals surface area (Å²) in [4.78, 5) is 22.1. The van der Waals surface area contributed by atoms with Crippen LogP contribution in [-0.4, -0.2) is 40.7 Å². The van der Waals surface area contributed by atoms with Crippen molar-refractivity contribution in [1.29, 1.82) is 0 Å². The summed E-state index contributed by atoms with van der Waals surface area (Å²) in [5.41, 5.74) is 0.628. The number of aromatic nitrogens is 2. The Hall–Kier alpha value is -1.69. The van der Waals surface area contributed by atoms with Crippen molar-refractivity contribution in [2.45, 2.75) is 32.8 Å². The van der Waals surface area contributed by atoms with Crippen LogP contribution in [0.1, 0.15) is 42.2 Å². The fraction of sp³-hybridized carbons (Fsp3) is 0.615. The Morgan fingerprint density at radius 3 is 2.74 bits per heavy atom. The van der Waals surface area contributed by atoms with E-state index in [0.29, 0.717) is 11.4 Å². The first-order valence-corrected chi connectivity index (χ1v) is 6.64. The normalized spacial score (nSPS) is 15.4. The molecule has 1 fully saturated rings. The van der Waals surface area contributed by atoms with Gasteiger partial charge in [0, 0.05) is 13.1 Å². The second-order valence-electron chi connectivity index (χ2n) is 4.45. The summed E-state index contributed by atoms with van der Waals surface area (Å²) in [7, 11) is 0. The van der Waals surface area contributed by atoms with E-state index in [-0.39, 0.29) is 18.9 Å². The molecular formula is C13H19N3O3. The van der Waals surface area contributed by atoms with Crippen LogP contribution < -0.4 is 4.90 Å². The molecule has 0 amide bonds. The second-order valence-corrected chi connectivity index (χ2v) is 4.45. The van der Waals surface area contributed by atoms with Gasteiger partial charge in [0.15, 0.2) is 5.69 Å². The van der Waals surface area contributed by atoms with E-state index in [1.807, 2.05) is 0 Å². The third kappa shape index (κ3) is 3.01. The van der Waals surface area contributed by atoms with Crippen LogP contribution in [0.3, 0.4) is 0 Å². The van der Waals surface area contributed by atoms with Crippen LogP contribution in [0.15, 0.2) is 6.33 Å². The summed E-state index contributed by atoms with van der Waals surface area (Å²) >= 11 is 0. The van der Waals surface area contributed by atoms with Gasteiger partial charge in [-0.15, -0.1) is 0 Å². The lowest BCUT2D eigenvalue weighted by atomic mass is 10.1. The molecule has 0 atom stereocenters. The van der Waals surface area contributed by atoms with Crippen LogP contribution in [0, 0.1) is 0 Å². The number of hydrogen-bond donors (Lipinski definition) is 1. The molecule has 2 rings (SSSR count).